The second-order valence-electron chi connectivity index (χ2n) is 3.94. The zero-order valence-corrected chi connectivity index (χ0v) is 9.55. The van der Waals surface area contributed by atoms with Gasteiger partial charge >= 0.3 is 6.18 Å². The molecule has 0 amide bonds. The summed E-state index contributed by atoms with van der Waals surface area (Å²) in [5.41, 5.74) is 1.11. The van der Waals surface area contributed by atoms with Crippen LogP contribution in [0.5, 0.6) is 0 Å². The van der Waals surface area contributed by atoms with Crippen LogP contribution in [0.15, 0.2) is 18.2 Å². The second kappa shape index (κ2) is 4.56. The molecule has 0 aliphatic rings. The Morgan fingerprint density at radius 3 is 2.72 bits per heavy atom. The maximum Gasteiger partial charge on any atom is 0.401 e. The highest BCUT2D eigenvalue weighted by atomic mass is 19.4. The van der Waals surface area contributed by atoms with Gasteiger partial charge in [0.2, 0.25) is 0 Å². The average molecular weight is 261 g/mol. The van der Waals surface area contributed by atoms with Gasteiger partial charge in [0.05, 0.1) is 24.1 Å². The van der Waals surface area contributed by atoms with E-state index >= 15 is 0 Å². The van der Waals surface area contributed by atoms with Crippen molar-refractivity contribution >= 4 is 11.0 Å². The fraction of sp³-hybridized carbons (Fsp3) is 0.364. The number of aromatic nitrogens is 2. The van der Waals surface area contributed by atoms with Crippen LogP contribution in [0.25, 0.3) is 11.0 Å². The number of alkyl halides is 3. The van der Waals surface area contributed by atoms with Crippen LogP contribution in [0.3, 0.4) is 0 Å². The van der Waals surface area contributed by atoms with Crippen LogP contribution in [-0.2, 0) is 13.6 Å². The van der Waals surface area contributed by atoms with Crippen molar-refractivity contribution in [3.63, 3.8) is 0 Å². The summed E-state index contributed by atoms with van der Waals surface area (Å²) in [5.74, 6) is 0.0279. The molecule has 2 rings (SSSR count). The van der Waals surface area contributed by atoms with Crippen LogP contribution in [0, 0.1) is 5.82 Å². The Labute approximate surface area is 100 Å². The van der Waals surface area contributed by atoms with Gasteiger partial charge in [-0.25, -0.2) is 9.37 Å². The molecule has 1 heterocycles. The highest BCUT2D eigenvalue weighted by Crippen LogP contribution is 2.17. The van der Waals surface area contributed by atoms with Crippen molar-refractivity contribution in [3.05, 3.63) is 29.8 Å². The van der Waals surface area contributed by atoms with Gasteiger partial charge in [-0.15, -0.1) is 0 Å². The van der Waals surface area contributed by atoms with Crippen molar-refractivity contribution in [2.24, 2.45) is 7.05 Å². The van der Waals surface area contributed by atoms with E-state index in [-0.39, 0.29) is 6.54 Å². The van der Waals surface area contributed by atoms with Gasteiger partial charge < -0.3 is 9.88 Å². The van der Waals surface area contributed by atoms with Gasteiger partial charge in [0, 0.05) is 7.05 Å². The summed E-state index contributed by atoms with van der Waals surface area (Å²) >= 11 is 0. The highest BCUT2D eigenvalue weighted by Gasteiger charge is 2.26. The van der Waals surface area contributed by atoms with Crippen LogP contribution in [0.2, 0.25) is 0 Å². The largest absolute Gasteiger partial charge is 0.401 e. The number of hydrogen-bond donors (Lipinski definition) is 1. The highest BCUT2D eigenvalue weighted by molar-refractivity contribution is 5.75. The predicted molar refractivity (Wildman–Crippen MR) is 58.4 cm³/mol. The van der Waals surface area contributed by atoms with Crippen LogP contribution in [0.1, 0.15) is 5.82 Å². The molecule has 1 aromatic heterocycles. The number of imidazole rings is 1. The standard InChI is InChI=1S/C11H11F4N3/c1-18-9-4-7(12)2-3-8(9)17-10(18)5-16-6-11(13,14)15/h2-4,16H,5-6H2,1H3. The SMILES string of the molecule is Cn1c(CNCC(F)(F)F)nc2ccc(F)cc21. The first kappa shape index (κ1) is 12.8. The molecule has 7 heteroatoms. The van der Waals surface area contributed by atoms with E-state index in [9.17, 15) is 17.6 Å². The maximum absolute atomic E-state index is 13.0. The molecule has 1 aromatic carbocycles. The molecule has 0 spiro atoms. The molecule has 0 atom stereocenters. The van der Waals surface area contributed by atoms with Crippen molar-refractivity contribution in [1.29, 1.82) is 0 Å². The lowest BCUT2D eigenvalue weighted by molar-refractivity contribution is -0.125. The van der Waals surface area contributed by atoms with Gasteiger partial charge in [-0.1, -0.05) is 0 Å². The molecule has 0 aliphatic heterocycles. The minimum absolute atomic E-state index is 0.0215. The van der Waals surface area contributed by atoms with Crippen molar-refractivity contribution in [2.75, 3.05) is 6.54 Å². The van der Waals surface area contributed by atoms with E-state index in [1.165, 1.54) is 18.2 Å². The van der Waals surface area contributed by atoms with Crippen molar-refractivity contribution in [1.82, 2.24) is 14.9 Å². The fourth-order valence-electron chi connectivity index (χ4n) is 1.69. The molecule has 18 heavy (non-hydrogen) atoms. The Balaban J connectivity index is 2.17. The molecule has 3 nitrogen and oxygen atoms in total. The van der Waals surface area contributed by atoms with E-state index in [0.717, 1.165) is 0 Å². The predicted octanol–water partition coefficient (Wildman–Crippen LogP) is 2.36. The smallest absolute Gasteiger partial charge is 0.330 e. The summed E-state index contributed by atoms with van der Waals surface area (Å²) in [4.78, 5) is 4.14. The third-order valence-electron chi connectivity index (χ3n) is 2.54. The van der Waals surface area contributed by atoms with Gasteiger partial charge in [0.25, 0.3) is 0 Å². The minimum Gasteiger partial charge on any atom is -0.330 e. The van der Waals surface area contributed by atoms with Crippen LogP contribution in [-0.4, -0.2) is 22.3 Å². The Kier molecular flexibility index (Phi) is 3.25. The summed E-state index contributed by atoms with van der Waals surface area (Å²) < 4.78 is 50.5. The van der Waals surface area contributed by atoms with E-state index in [1.54, 1.807) is 11.6 Å². The Morgan fingerprint density at radius 2 is 2.06 bits per heavy atom. The molecule has 1 N–H and O–H groups in total. The van der Waals surface area contributed by atoms with Gasteiger partial charge in [-0.3, -0.25) is 0 Å². The summed E-state index contributed by atoms with van der Waals surface area (Å²) in [7, 11) is 1.64. The third kappa shape index (κ3) is 2.79. The number of nitrogens with one attached hydrogen (secondary N) is 1. The van der Waals surface area contributed by atoms with E-state index in [0.29, 0.717) is 16.9 Å². The molecule has 0 fully saturated rings. The molecule has 0 unspecified atom stereocenters. The molecular formula is C11H11F4N3. The molecule has 0 saturated carbocycles. The number of benzene rings is 1. The van der Waals surface area contributed by atoms with Crippen LogP contribution >= 0.6 is 0 Å². The van der Waals surface area contributed by atoms with Gasteiger partial charge in [-0.2, -0.15) is 13.2 Å². The quantitative estimate of drug-likeness (QED) is 0.860. The van der Waals surface area contributed by atoms with Crippen molar-refractivity contribution in [3.8, 4) is 0 Å². The van der Waals surface area contributed by atoms with Crippen molar-refractivity contribution in [2.45, 2.75) is 12.7 Å². The van der Waals surface area contributed by atoms with Crippen molar-refractivity contribution < 1.29 is 17.6 Å². The number of aryl methyl sites for hydroxylation is 1. The molecular weight excluding hydrogens is 250 g/mol. The van der Waals surface area contributed by atoms with Gasteiger partial charge in [0.1, 0.15) is 11.6 Å². The Bertz CT molecular complexity index is 559. The minimum atomic E-state index is -4.25. The number of halogens is 4. The average Bonchev–Trinajstić information content (AvgIpc) is 2.55. The molecule has 0 aliphatic carbocycles. The van der Waals surface area contributed by atoms with Gasteiger partial charge in [-0.05, 0) is 18.2 Å². The topological polar surface area (TPSA) is 29.9 Å². The third-order valence-corrected chi connectivity index (χ3v) is 2.54. The first-order chi connectivity index (χ1) is 8.37. The number of rotatable bonds is 3. The zero-order valence-electron chi connectivity index (χ0n) is 9.55. The lowest BCUT2D eigenvalue weighted by Crippen LogP contribution is -2.29. The van der Waals surface area contributed by atoms with Crippen LogP contribution in [0.4, 0.5) is 17.6 Å². The normalized spacial score (nSPS) is 12.3. The van der Waals surface area contributed by atoms with Crippen LogP contribution < -0.4 is 5.32 Å². The number of nitrogens with zero attached hydrogens (tertiary/aromatic N) is 2. The lowest BCUT2D eigenvalue weighted by atomic mass is 10.3. The summed E-state index contributed by atoms with van der Waals surface area (Å²) in [6.45, 7) is -1.10. The summed E-state index contributed by atoms with van der Waals surface area (Å²) in [6, 6.07) is 4.07. The monoisotopic (exact) mass is 261 g/mol. The molecule has 0 radical (unpaired) electrons. The Morgan fingerprint density at radius 1 is 1.33 bits per heavy atom. The lowest BCUT2D eigenvalue weighted by Gasteiger charge is -2.07. The number of fused-ring (bicyclic) bond motifs is 1. The molecule has 0 saturated heterocycles. The fourth-order valence-corrected chi connectivity index (χ4v) is 1.69. The van der Waals surface area contributed by atoms with E-state index < -0.39 is 18.5 Å². The first-order valence-electron chi connectivity index (χ1n) is 5.25. The summed E-state index contributed by atoms with van der Waals surface area (Å²) in [5, 5.41) is 2.26. The molecule has 0 bridgehead atoms. The Hall–Kier alpha value is -1.63. The zero-order chi connectivity index (χ0) is 13.3. The maximum atomic E-state index is 13.0. The second-order valence-corrected chi connectivity index (χ2v) is 3.94. The van der Waals surface area contributed by atoms with E-state index in [1.807, 2.05) is 0 Å². The molecule has 2 aromatic rings. The van der Waals surface area contributed by atoms with Gasteiger partial charge in [0.15, 0.2) is 0 Å². The van der Waals surface area contributed by atoms with E-state index in [2.05, 4.69) is 10.3 Å². The van der Waals surface area contributed by atoms with E-state index in [4.69, 9.17) is 0 Å². The molecule has 98 valence electrons. The first-order valence-corrected chi connectivity index (χ1v) is 5.25. The number of hydrogen-bond acceptors (Lipinski definition) is 2. The summed E-state index contributed by atoms with van der Waals surface area (Å²) in [6.07, 6.45) is -4.25.